The molecule has 2 saturated heterocycles. The zero-order chi connectivity index (χ0) is 25.8. The van der Waals surface area contributed by atoms with E-state index in [0.29, 0.717) is 47.4 Å². The summed E-state index contributed by atoms with van der Waals surface area (Å²) in [7, 11) is 0. The molecule has 0 saturated carbocycles. The van der Waals surface area contributed by atoms with Crippen LogP contribution in [0.25, 0.3) is 16.2 Å². The number of ether oxygens (including phenoxy) is 1. The van der Waals surface area contributed by atoms with Gasteiger partial charge in [0.05, 0.1) is 6.57 Å². The average Bonchev–Trinajstić information content (AvgIpc) is 3.57. The lowest BCUT2D eigenvalue weighted by atomic mass is 10.1. The highest BCUT2D eigenvalue weighted by Gasteiger charge is 2.25. The summed E-state index contributed by atoms with van der Waals surface area (Å²) in [5.74, 6) is 1.19. The number of carbonyl (C=O) groups is 2. The van der Waals surface area contributed by atoms with E-state index in [1.165, 1.54) is 18.9 Å². The summed E-state index contributed by atoms with van der Waals surface area (Å²) in [4.78, 5) is 38.6. The first-order valence-electron chi connectivity index (χ1n) is 12.2. The van der Waals surface area contributed by atoms with Gasteiger partial charge < -0.3 is 21.1 Å². The fraction of sp³-hybridized carbons (Fsp3) is 0.296. The third-order valence-electron chi connectivity index (χ3n) is 6.46. The maximum Gasteiger partial charge on any atom is 0.267 e. The van der Waals surface area contributed by atoms with Crippen LogP contribution in [-0.4, -0.2) is 52.4 Å². The van der Waals surface area contributed by atoms with E-state index in [1.807, 2.05) is 12.1 Å². The van der Waals surface area contributed by atoms with Crippen LogP contribution < -0.4 is 21.1 Å². The summed E-state index contributed by atoms with van der Waals surface area (Å²) < 4.78 is 6.20. The largest absolute Gasteiger partial charge is 0.457 e. The molecule has 2 amide bonds. The minimum Gasteiger partial charge on any atom is -0.457 e. The molecule has 1 atom stereocenters. The van der Waals surface area contributed by atoms with Crippen LogP contribution in [0, 0.1) is 6.57 Å². The standard InChI is InChI=1S/C27H27N7O3/c1-29-19-6-9-23(18(14-19)16-34-12-2-3-13-34)37-20-7-4-17(5-8-20)26-32-22(25(28)35)15-24(33-26)31-21-10-11-30-27(21)36/h4-9,14-15,21H,2-3,10-13,16H2,(H2,28,35)(H,30,36)(H,31,32,33)/t21-/m0/s1. The molecule has 4 N–H and O–H groups in total. The van der Waals surface area contributed by atoms with E-state index < -0.39 is 11.9 Å². The Bertz CT molecular complexity index is 1360. The maximum atomic E-state index is 12.0. The maximum absolute atomic E-state index is 12.0. The third kappa shape index (κ3) is 5.68. The number of rotatable bonds is 8. The number of nitrogens with one attached hydrogen (secondary N) is 2. The van der Waals surface area contributed by atoms with E-state index in [9.17, 15) is 9.59 Å². The molecule has 0 spiro atoms. The molecule has 3 aromatic rings. The van der Waals surface area contributed by atoms with E-state index >= 15 is 0 Å². The highest BCUT2D eigenvalue weighted by Crippen LogP contribution is 2.32. The predicted molar refractivity (Wildman–Crippen MR) is 138 cm³/mol. The van der Waals surface area contributed by atoms with Crippen LogP contribution in [0.1, 0.15) is 35.3 Å². The Balaban J connectivity index is 1.37. The number of hydrogen-bond donors (Lipinski definition) is 3. The van der Waals surface area contributed by atoms with Crippen molar-refractivity contribution in [2.24, 2.45) is 5.73 Å². The van der Waals surface area contributed by atoms with Crippen molar-refractivity contribution in [2.45, 2.75) is 31.8 Å². The predicted octanol–water partition coefficient (Wildman–Crippen LogP) is 3.48. The molecular weight excluding hydrogens is 470 g/mol. The fourth-order valence-corrected chi connectivity index (χ4v) is 4.53. The SMILES string of the molecule is [C-]#[N+]c1ccc(Oc2ccc(-c3nc(N[C@H]4CCNC4=O)cc(C(N)=O)n3)cc2)c(CN2CCCC2)c1. The summed E-state index contributed by atoms with van der Waals surface area (Å²) >= 11 is 0. The molecule has 2 fully saturated rings. The number of amides is 2. The number of aromatic nitrogens is 2. The van der Waals surface area contributed by atoms with Gasteiger partial charge in [0.1, 0.15) is 29.1 Å². The lowest BCUT2D eigenvalue weighted by Crippen LogP contribution is -2.30. The molecule has 0 unspecified atom stereocenters. The lowest BCUT2D eigenvalue weighted by molar-refractivity contribution is -0.119. The van der Waals surface area contributed by atoms with Crippen LogP contribution in [0.15, 0.2) is 48.5 Å². The van der Waals surface area contributed by atoms with Gasteiger partial charge in [0.2, 0.25) is 5.91 Å². The summed E-state index contributed by atoms with van der Waals surface area (Å²) in [5, 5.41) is 5.83. The highest BCUT2D eigenvalue weighted by molar-refractivity contribution is 5.92. The number of hydrogen-bond acceptors (Lipinski definition) is 7. The van der Waals surface area contributed by atoms with Gasteiger partial charge in [-0.2, -0.15) is 0 Å². The minimum atomic E-state index is -0.684. The van der Waals surface area contributed by atoms with E-state index in [0.717, 1.165) is 25.2 Å². The summed E-state index contributed by atoms with van der Waals surface area (Å²) in [6, 6.07) is 13.7. The molecular formula is C27H27N7O3. The minimum absolute atomic E-state index is 0.0534. The second kappa shape index (κ2) is 10.6. The molecule has 5 rings (SSSR count). The Morgan fingerprint density at radius 1 is 1.16 bits per heavy atom. The number of nitrogens with zero attached hydrogens (tertiary/aromatic N) is 4. The van der Waals surface area contributed by atoms with Crippen molar-refractivity contribution in [3.05, 3.63) is 71.2 Å². The quantitative estimate of drug-likeness (QED) is 0.407. The summed E-state index contributed by atoms with van der Waals surface area (Å²) in [6.07, 6.45) is 2.99. The molecule has 1 aromatic heterocycles. The van der Waals surface area contributed by atoms with Crippen LogP contribution >= 0.6 is 0 Å². The zero-order valence-electron chi connectivity index (χ0n) is 20.2. The Labute approximate surface area is 214 Å². The molecule has 10 heteroatoms. The van der Waals surface area contributed by atoms with E-state index in [-0.39, 0.29) is 11.6 Å². The van der Waals surface area contributed by atoms with Crippen LogP contribution in [0.5, 0.6) is 11.5 Å². The molecule has 10 nitrogen and oxygen atoms in total. The van der Waals surface area contributed by atoms with Gasteiger partial charge in [0, 0.05) is 24.7 Å². The van der Waals surface area contributed by atoms with Gasteiger partial charge in [-0.3, -0.25) is 14.5 Å². The van der Waals surface area contributed by atoms with Crippen LogP contribution in [0.4, 0.5) is 11.5 Å². The highest BCUT2D eigenvalue weighted by atomic mass is 16.5. The number of nitrogens with two attached hydrogens (primary N) is 1. The van der Waals surface area contributed by atoms with Crippen molar-refractivity contribution >= 4 is 23.3 Å². The number of carbonyl (C=O) groups excluding carboxylic acids is 2. The number of benzene rings is 2. The monoisotopic (exact) mass is 497 g/mol. The molecule has 37 heavy (non-hydrogen) atoms. The van der Waals surface area contributed by atoms with E-state index in [4.69, 9.17) is 17.0 Å². The molecule has 2 aliphatic heterocycles. The first-order chi connectivity index (χ1) is 18.0. The Morgan fingerprint density at radius 2 is 1.95 bits per heavy atom. The van der Waals surface area contributed by atoms with Gasteiger partial charge in [-0.15, -0.1) is 0 Å². The van der Waals surface area contributed by atoms with Crippen molar-refractivity contribution in [1.29, 1.82) is 0 Å². The van der Waals surface area contributed by atoms with Gasteiger partial charge in [0.25, 0.3) is 5.91 Å². The Hall–Kier alpha value is -4.49. The first-order valence-corrected chi connectivity index (χ1v) is 12.2. The summed E-state index contributed by atoms with van der Waals surface area (Å²) in [5.41, 5.74) is 7.77. The number of primary amides is 1. The molecule has 0 radical (unpaired) electrons. The van der Waals surface area contributed by atoms with Crippen molar-refractivity contribution in [1.82, 2.24) is 20.2 Å². The van der Waals surface area contributed by atoms with Gasteiger partial charge in [-0.1, -0.05) is 6.07 Å². The van der Waals surface area contributed by atoms with Gasteiger partial charge in [-0.25, -0.2) is 14.8 Å². The van der Waals surface area contributed by atoms with E-state index in [2.05, 4.69) is 30.3 Å². The number of anilines is 1. The second-order valence-electron chi connectivity index (χ2n) is 9.12. The van der Waals surface area contributed by atoms with Crippen molar-refractivity contribution in [2.75, 3.05) is 25.0 Å². The van der Waals surface area contributed by atoms with Crippen molar-refractivity contribution < 1.29 is 14.3 Å². The summed E-state index contributed by atoms with van der Waals surface area (Å²) in [6.45, 7) is 10.8. The first kappa shape index (κ1) is 24.2. The molecule has 2 aliphatic rings. The molecule has 188 valence electrons. The smallest absolute Gasteiger partial charge is 0.267 e. The second-order valence-corrected chi connectivity index (χ2v) is 9.12. The van der Waals surface area contributed by atoms with Gasteiger partial charge in [0.15, 0.2) is 11.5 Å². The zero-order valence-corrected chi connectivity index (χ0v) is 20.2. The van der Waals surface area contributed by atoms with Crippen LogP contribution in [-0.2, 0) is 11.3 Å². The number of likely N-dealkylation sites (tertiary alicyclic amines) is 1. The fourth-order valence-electron chi connectivity index (χ4n) is 4.53. The molecule has 3 heterocycles. The Morgan fingerprint density at radius 3 is 2.62 bits per heavy atom. The third-order valence-corrected chi connectivity index (χ3v) is 6.46. The van der Waals surface area contributed by atoms with Crippen LogP contribution in [0.2, 0.25) is 0 Å². The molecule has 0 aliphatic carbocycles. The van der Waals surface area contributed by atoms with Gasteiger partial charge in [-0.05, 0) is 74.3 Å². The lowest BCUT2D eigenvalue weighted by Gasteiger charge is -2.18. The topological polar surface area (TPSA) is 127 Å². The average molecular weight is 498 g/mol. The van der Waals surface area contributed by atoms with E-state index in [1.54, 1.807) is 30.3 Å². The molecule has 2 aromatic carbocycles. The van der Waals surface area contributed by atoms with Gasteiger partial charge >= 0.3 is 0 Å². The Kier molecular flexibility index (Phi) is 6.96. The van der Waals surface area contributed by atoms with Crippen molar-refractivity contribution in [3.8, 4) is 22.9 Å². The molecule has 0 bridgehead atoms. The van der Waals surface area contributed by atoms with Crippen LogP contribution in [0.3, 0.4) is 0 Å². The normalized spacial score (nSPS) is 17.3. The van der Waals surface area contributed by atoms with Crippen molar-refractivity contribution in [3.63, 3.8) is 0 Å².